The molecule has 0 bridgehead atoms. The van der Waals surface area contributed by atoms with E-state index in [4.69, 9.17) is 0 Å². The number of rotatable bonds is 2. The van der Waals surface area contributed by atoms with E-state index in [9.17, 15) is 5.11 Å². The highest BCUT2D eigenvalue weighted by atomic mass is 16.3. The maximum Gasteiger partial charge on any atom is 0.155 e. The zero-order valence-corrected chi connectivity index (χ0v) is 8.22. The Kier molecular flexibility index (Phi) is 1.77. The highest BCUT2D eigenvalue weighted by Crippen LogP contribution is 2.17. The summed E-state index contributed by atoms with van der Waals surface area (Å²) in [6, 6.07) is 3.75. The van der Waals surface area contributed by atoms with Gasteiger partial charge in [-0.2, -0.15) is 5.10 Å². The first-order valence-electron chi connectivity index (χ1n) is 4.98. The molecule has 3 rings (SSSR count). The van der Waals surface area contributed by atoms with Gasteiger partial charge in [0, 0.05) is 38.0 Å². The molecule has 1 aliphatic heterocycles. The summed E-state index contributed by atoms with van der Waals surface area (Å²) in [6.07, 6.45) is 4.18. The van der Waals surface area contributed by atoms with Gasteiger partial charge in [-0.05, 0) is 6.07 Å². The SMILES string of the molecule is OC1(Cc2cc3ncccn3n2)CNC1. The van der Waals surface area contributed by atoms with Crippen molar-refractivity contribution in [3.63, 3.8) is 0 Å². The number of aromatic nitrogens is 3. The number of β-amino-alcohol motifs (C(OH)–C–C–N with tert-alkyl or cyclic N) is 1. The lowest BCUT2D eigenvalue weighted by molar-refractivity contribution is -0.00985. The second-order valence-corrected chi connectivity index (χ2v) is 4.06. The Morgan fingerprint density at radius 3 is 3.07 bits per heavy atom. The lowest BCUT2D eigenvalue weighted by atomic mass is 9.92. The summed E-state index contributed by atoms with van der Waals surface area (Å²) in [6.45, 7) is 1.29. The van der Waals surface area contributed by atoms with Crippen LogP contribution in [-0.2, 0) is 6.42 Å². The topological polar surface area (TPSA) is 62.5 Å². The van der Waals surface area contributed by atoms with Crippen molar-refractivity contribution in [1.29, 1.82) is 0 Å². The Labute approximate surface area is 86.8 Å². The third-order valence-corrected chi connectivity index (χ3v) is 2.71. The van der Waals surface area contributed by atoms with Gasteiger partial charge in [-0.3, -0.25) is 0 Å². The van der Waals surface area contributed by atoms with Crippen LogP contribution in [0.1, 0.15) is 5.69 Å². The summed E-state index contributed by atoms with van der Waals surface area (Å²) in [5, 5.41) is 17.4. The average molecular weight is 204 g/mol. The summed E-state index contributed by atoms with van der Waals surface area (Å²) in [5.41, 5.74) is 1.10. The van der Waals surface area contributed by atoms with Gasteiger partial charge >= 0.3 is 0 Å². The number of aliphatic hydroxyl groups is 1. The van der Waals surface area contributed by atoms with Gasteiger partial charge in [0.05, 0.1) is 11.3 Å². The monoisotopic (exact) mass is 204 g/mol. The van der Waals surface area contributed by atoms with Crippen LogP contribution in [0, 0.1) is 0 Å². The molecule has 0 spiro atoms. The van der Waals surface area contributed by atoms with Gasteiger partial charge in [-0.1, -0.05) is 0 Å². The van der Waals surface area contributed by atoms with E-state index in [0.717, 1.165) is 11.3 Å². The molecule has 78 valence electrons. The first-order chi connectivity index (χ1) is 7.25. The third-order valence-electron chi connectivity index (χ3n) is 2.71. The van der Waals surface area contributed by atoms with E-state index < -0.39 is 5.60 Å². The molecule has 2 aromatic heterocycles. The van der Waals surface area contributed by atoms with Crippen LogP contribution in [0.4, 0.5) is 0 Å². The summed E-state index contributed by atoms with van der Waals surface area (Å²) < 4.78 is 1.73. The van der Waals surface area contributed by atoms with Crippen LogP contribution in [0.25, 0.3) is 5.65 Å². The second-order valence-electron chi connectivity index (χ2n) is 4.06. The molecule has 0 atom stereocenters. The van der Waals surface area contributed by atoms with Crippen LogP contribution in [0.3, 0.4) is 0 Å². The van der Waals surface area contributed by atoms with Crippen molar-refractivity contribution in [2.75, 3.05) is 13.1 Å². The Bertz CT molecular complexity index is 456. The van der Waals surface area contributed by atoms with Crippen LogP contribution in [-0.4, -0.2) is 38.4 Å². The van der Waals surface area contributed by atoms with Crippen molar-refractivity contribution >= 4 is 5.65 Å². The van der Waals surface area contributed by atoms with Crippen molar-refractivity contribution in [1.82, 2.24) is 19.9 Å². The van der Waals surface area contributed by atoms with Crippen LogP contribution in [0.2, 0.25) is 0 Å². The van der Waals surface area contributed by atoms with E-state index in [1.807, 2.05) is 18.3 Å². The second kappa shape index (κ2) is 3.01. The molecule has 0 saturated carbocycles. The minimum Gasteiger partial charge on any atom is -0.387 e. The number of hydrogen-bond donors (Lipinski definition) is 2. The predicted octanol–water partition coefficient (Wildman–Crippen LogP) is -0.394. The molecule has 2 N–H and O–H groups in total. The van der Waals surface area contributed by atoms with E-state index in [1.165, 1.54) is 0 Å². The lowest BCUT2D eigenvalue weighted by Gasteiger charge is -2.36. The molecule has 0 unspecified atom stereocenters. The number of nitrogens with one attached hydrogen (secondary N) is 1. The zero-order chi connectivity index (χ0) is 10.3. The standard InChI is InChI=1S/C10H12N4O/c15-10(6-11-7-10)5-8-4-9-12-2-1-3-14(9)13-8/h1-4,11,15H,5-7H2. The minimum absolute atomic E-state index is 0.587. The van der Waals surface area contributed by atoms with Gasteiger partial charge in [0.1, 0.15) is 0 Å². The molecule has 2 aromatic rings. The summed E-state index contributed by atoms with van der Waals surface area (Å²) >= 11 is 0. The largest absolute Gasteiger partial charge is 0.387 e. The molecule has 0 aromatic carbocycles. The summed E-state index contributed by atoms with van der Waals surface area (Å²) in [4.78, 5) is 4.18. The van der Waals surface area contributed by atoms with Gasteiger partial charge in [0.2, 0.25) is 0 Å². The number of fused-ring (bicyclic) bond motifs is 1. The van der Waals surface area contributed by atoms with E-state index in [-0.39, 0.29) is 0 Å². The molecule has 5 nitrogen and oxygen atoms in total. The number of hydrogen-bond acceptors (Lipinski definition) is 4. The van der Waals surface area contributed by atoms with Crippen LogP contribution < -0.4 is 5.32 Å². The first-order valence-corrected chi connectivity index (χ1v) is 4.98. The zero-order valence-electron chi connectivity index (χ0n) is 8.22. The van der Waals surface area contributed by atoms with Crippen molar-refractivity contribution in [3.05, 3.63) is 30.2 Å². The molecule has 0 amide bonds. The fourth-order valence-corrected chi connectivity index (χ4v) is 1.84. The van der Waals surface area contributed by atoms with Crippen molar-refractivity contribution < 1.29 is 5.11 Å². The maximum absolute atomic E-state index is 9.96. The molecule has 1 aliphatic rings. The maximum atomic E-state index is 9.96. The minimum atomic E-state index is -0.613. The van der Waals surface area contributed by atoms with E-state index >= 15 is 0 Å². The molecule has 15 heavy (non-hydrogen) atoms. The van der Waals surface area contributed by atoms with Crippen LogP contribution >= 0.6 is 0 Å². The molecule has 1 saturated heterocycles. The van der Waals surface area contributed by atoms with E-state index in [1.54, 1.807) is 10.7 Å². The molecular formula is C10H12N4O. The van der Waals surface area contributed by atoms with E-state index in [0.29, 0.717) is 19.5 Å². The fourth-order valence-electron chi connectivity index (χ4n) is 1.84. The third kappa shape index (κ3) is 1.49. The highest BCUT2D eigenvalue weighted by Gasteiger charge is 2.35. The number of nitrogens with zero attached hydrogens (tertiary/aromatic N) is 3. The molecule has 5 heteroatoms. The Hall–Kier alpha value is -1.46. The molecule has 0 aliphatic carbocycles. The van der Waals surface area contributed by atoms with Gasteiger partial charge < -0.3 is 10.4 Å². The Morgan fingerprint density at radius 1 is 1.53 bits per heavy atom. The van der Waals surface area contributed by atoms with Crippen LogP contribution in [0.5, 0.6) is 0 Å². The van der Waals surface area contributed by atoms with Crippen molar-refractivity contribution in [3.8, 4) is 0 Å². The summed E-state index contributed by atoms with van der Waals surface area (Å²) in [7, 11) is 0. The molecule has 1 fully saturated rings. The normalized spacial score (nSPS) is 19.0. The van der Waals surface area contributed by atoms with Gasteiger partial charge in [0.25, 0.3) is 0 Å². The summed E-state index contributed by atoms with van der Waals surface area (Å²) in [5.74, 6) is 0. The Balaban J connectivity index is 1.91. The van der Waals surface area contributed by atoms with Crippen LogP contribution in [0.15, 0.2) is 24.5 Å². The lowest BCUT2D eigenvalue weighted by Crippen LogP contribution is -2.60. The molecule has 3 heterocycles. The van der Waals surface area contributed by atoms with Crippen molar-refractivity contribution in [2.45, 2.75) is 12.0 Å². The van der Waals surface area contributed by atoms with Gasteiger partial charge in [-0.15, -0.1) is 0 Å². The van der Waals surface area contributed by atoms with Crippen molar-refractivity contribution in [2.24, 2.45) is 0 Å². The smallest absolute Gasteiger partial charge is 0.155 e. The predicted molar refractivity (Wildman–Crippen MR) is 54.5 cm³/mol. The highest BCUT2D eigenvalue weighted by molar-refractivity contribution is 5.38. The fraction of sp³-hybridized carbons (Fsp3) is 0.400. The van der Waals surface area contributed by atoms with Gasteiger partial charge in [0.15, 0.2) is 5.65 Å². The first kappa shape index (κ1) is 8.82. The molecule has 0 radical (unpaired) electrons. The molecular weight excluding hydrogens is 192 g/mol. The Morgan fingerprint density at radius 2 is 2.40 bits per heavy atom. The van der Waals surface area contributed by atoms with Gasteiger partial charge in [-0.25, -0.2) is 9.50 Å². The average Bonchev–Trinajstić information content (AvgIpc) is 2.57. The quantitative estimate of drug-likeness (QED) is 0.699. The van der Waals surface area contributed by atoms with E-state index in [2.05, 4.69) is 15.4 Å².